The molecule has 0 radical (unpaired) electrons. The van der Waals surface area contributed by atoms with Gasteiger partial charge >= 0.3 is 0 Å². The van der Waals surface area contributed by atoms with E-state index in [0.29, 0.717) is 5.69 Å². The number of benzene rings is 2. The predicted molar refractivity (Wildman–Crippen MR) is 103 cm³/mol. The molecule has 0 aliphatic rings. The molecule has 0 saturated carbocycles. The lowest BCUT2D eigenvalue weighted by atomic mass is 10.3. The smallest absolute Gasteiger partial charge is 0.264 e. The molecule has 2 aromatic heterocycles. The van der Waals surface area contributed by atoms with Gasteiger partial charge < -0.3 is 5.32 Å². The molecular weight excluding hydrogens is 404 g/mol. The van der Waals surface area contributed by atoms with Gasteiger partial charge in [-0.1, -0.05) is 11.6 Å². The Hall–Kier alpha value is -3.59. The minimum atomic E-state index is -0.535. The van der Waals surface area contributed by atoms with Crippen LogP contribution in [0.5, 0.6) is 0 Å². The highest BCUT2D eigenvalue weighted by Crippen LogP contribution is 2.22. The Labute approximate surface area is 167 Å². The van der Waals surface area contributed by atoms with Crippen LogP contribution in [-0.4, -0.2) is 25.2 Å². The van der Waals surface area contributed by atoms with E-state index < -0.39 is 23.1 Å². The summed E-state index contributed by atoms with van der Waals surface area (Å²) in [6, 6.07) is 9.12. The summed E-state index contributed by atoms with van der Waals surface area (Å²) in [5, 5.41) is 6.88. The predicted octanol–water partition coefficient (Wildman–Crippen LogP) is 3.15. The SMILES string of the molecule is O=C(Cn1cnc2c(cnn2-c2ccc(F)cc2)c1=O)Nc1ccc(F)cc1Cl. The molecule has 0 aliphatic heterocycles. The number of halogens is 3. The molecule has 146 valence electrons. The third-order valence-corrected chi connectivity index (χ3v) is 4.46. The fraction of sp³-hybridized carbons (Fsp3) is 0.0526. The Morgan fingerprint density at radius 3 is 2.55 bits per heavy atom. The first-order valence-electron chi connectivity index (χ1n) is 8.36. The van der Waals surface area contributed by atoms with Gasteiger partial charge in [0.1, 0.15) is 29.9 Å². The minimum absolute atomic E-state index is 0.0415. The summed E-state index contributed by atoms with van der Waals surface area (Å²) < 4.78 is 28.7. The molecule has 2 aromatic carbocycles. The summed E-state index contributed by atoms with van der Waals surface area (Å²) >= 11 is 5.89. The fourth-order valence-electron chi connectivity index (χ4n) is 2.77. The van der Waals surface area contributed by atoms with Crippen molar-refractivity contribution in [3.8, 4) is 5.69 Å². The monoisotopic (exact) mass is 415 g/mol. The van der Waals surface area contributed by atoms with Gasteiger partial charge in [-0.25, -0.2) is 18.4 Å². The molecule has 10 heteroatoms. The molecule has 7 nitrogen and oxygen atoms in total. The van der Waals surface area contributed by atoms with E-state index in [1.165, 1.54) is 47.5 Å². The van der Waals surface area contributed by atoms with Gasteiger partial charge in [0, 0.05) is 0 Å². The van der Waals surface area contributed by atoms with Crippen molar-refractivity contribution in [3.63, 3.8) is 0 Å². The highest BCUT2D eigenvalue weighted by atomic mass is 35.5. The number of carbonyl (C=O) groups is 1. The summed E-state index contributed by atoms with van der Waals surface area (Å²) in [7, 11) is 0. The third-order valence-electron chi connectivity index (χ3n) is 4.14. The van der Waals surface area contributed by atoms with Gasteiger partial charge in [0.2, 0.25) is 5.91 Å². The number of anilines is 1. The first-order valence-corrected chi connectivity index (χ1v) is 8.74. The molecule has 1 amide bonds. The first kappa shape index (κ1) is 18.8. The quantitative estimate of drug-likeness (QED) is 0.555. The van der Waals surface area contributed by atoms with Crippen molar-refractivity contribution in [2.24, 2.45) is 0 Å². The minimum Gasteiger partial charge on any atom is -0.323 e. The van der Waals surface area contributed by atoms with Crippen LogP contribution in [-0.2, 0) is 11.3 Å². The van der Waals surface area contributed by atoms with Gasteiger partial charge in [-0.3, -0.25) is 14.2 Å². The molecule has 0 bridgehead atoms. The van der Waals surface area contributed by atoms with E-state index in [9.17, 15) is 18.4 Å². The topological polar surface area (TPSA) is 81.8 Å². The molecule has 0 spiro atoms. The van der Waals surface area contributed by atoms with E-state index in [0.717, 1.165) is 16.7 Å². The van der Waals surface area contributed by atoms with E-state index in [4.69, 9.17) is 11.6 Å². The van der Waals surface area contributed by atoms with Crippen molar-refractivity contribution in [2.75, 3.05) is 5.32 Å². The Balaban J connectivity index is 1.60. The zero-order valence-corrected chi connectivity index (χ0v) is 15.4. The number of fused-ring (bicyclic) bond motifs is 1. The molecule has 0 aliphatic carbocycles. The van der Waals surface area contributed by atoms with Gasteiger partial charge in [-0.2, -0.15) is 5.10 Å². The maximum atomic E-state index is 13.1. The normalized spacial score (nSPS) is 11.0. The van der Waals surface area contributed by atoms with Crippen molar-refractivity contribution in [1.29, 1.82) is 0 Å². The molecule has 2 heterocycles. The Morgan fingerprint density at radius 2 is 1.83 bits per heavy atom. The summed E-state index contributed by atoms with van der Waals surface area (Å²) in [6.45, 7) is -0.322. The van der Waals surface area contributed by atoms with E-state index in [1.54, 1.807) is 0 Å². The molecule has 29 heavy (non-hydrogen) atoms. The van der Waals surface area contributed by atoms with Crippen molar-refractivity contribution < 1.29 is 13.6 Å². The maximum Gasteiger partial charge on any atom is 0.264 e. The summed E-state index contributed by atoms with van der Waals surface area (Å²) in [4.78, 5) is 29.1. The van der Waals surface area contributed by atoms with Crippen molar-refractivity contribution in [1.82, 2.24) is 19.3 Å². The lowest BCUT2D eigenvalue weighted by molar-refractivity contribution is -0.116. The number of nitrogens with zero attached hydrogens (tertiary/aromatic N) is 4. The highest BCUT2D eigenvalue weighted by Gasteiger charge is 2.14. The van der Waals surface area contributed by atoms with Crippen LogP contribution in [0, 0.1) is 11.6 Å². The van der Waals surface area contributed by atoms with Gasteiger partial charge in [-0.05, 0) is 42.5 Å². The molecule has 0 saturated heterocycles. The zero-order chi connectivity index (χ0) is 20.5. The molecule has 1 N–H and O–H groups in total. The summed E-state index contributed by atoms with van der Waals surface area (Å²) in [6.07, 6.45) is 2.55. The van der Waals surface area contributed by atoms with E-state index in [-0.39, 0.29) is 28.3 Å². The van der Waals surface area contributed by atoms with Crippen LogP contribution in [0.3, 0.4) is 0 Å². The van der Waals surface area contributed by atoms with Gasteiger partial charge in [-0.15, -0.1) is 0 Å². The van der Waals surface area contributed by atoms with Crippen molar-refractivity contribution >= 4 is 34.2 Å². The lowest BCUT2D eigenvalue weighted by Crippen LogP contribution is -2.28. The Morgan fingerprint density at radius 1 is 1.10 bits per heavy atom. The van der Waals surface area contributed by atoms with Crippen LogP contribution < -0.4 is 10.9 Å². The maximum absolute atomic E-state index is 13.1. The fourth-order valence-corrected chi connectivity index (χ4v) is 2.98. The number of amides is 1. The molecule has 4 rings (SSSR count). The van der Waals surface area contributed by atoms with Crippen molar-refractivity contribution in [2.45, 2.75) is 6.54 Å². The lowest BCUT2D eigenvalue weighted by Gasteiger charge is -2.09. The van der Waals surface area contributed by atoms with Gasteiger partial charge in [0.05, 0.1) is 22.6 Å². The number of aromatic nitrogens is 4. The first-order chi connectivity index (χ1) is 13.9. The molecule has 0 unspecified atom stereocenters. The van der Waals surface area contributed by atoms with Crippen LogP contribution >= 0.6 is 11.6 Å². The van der Waals surface area contributed by atoms with Crippen LogP contribution in [0.15, 0.2) is 59.8 Å². The summed E-state index contributed by atoms with van der Waals surface area (Å²) in [5.74, 6) is -1.46. The third kappa shape index (κ3) is 3.72. The van der Waals surface area contributed by atoms with Gasteiger partial charge in [0.25, 0.3) is 5.56 Å². The van der Waals surface area contributed by atoms with E-state index in [2.05, 4.69) is 15.4 Å². The van der Waals surface area contributed by atoms with Gasteiger partial charge in [0.15, 0.2) is 5.65 Å². The average Bonchev–Trinajstić information content (AvgIpc) is 3.12. The standard InChI is InChI=1S/C19H12ClF2N5O2/c20-15-7-12(22)3-6-16(15)25-17(28)9-26-10-23-18-14(19(26)29)8-24-27(18)13-4-1-11(21)2-5-13/h1-8,10H,9H2,(H,25,28). The van der Waals surface area contributed by atoms with E-state index >= 15 is 0 Å². The van der Waals surface area contributed by atoms with Crippen LogP contribution in [0.1, 0.15) is 0 Å². The average molecular weight is 416 g/mol. The highest BCUT2D eigenvalue weighted by molar-refractivity contribution is 6.33. The second-order valence-electron chi connectivity index (χ2n) is 6.12. The molecular formula is C19H12ClF2N5O2. The Bertz CT molecular complexity index is 1280. The summed E-state index contributed by atoms with van der Waals surface area (Å²) in [5.41, 5.74) is 0.572. The van der Waals surface area contributed by atoms with E-state index in [1.807, 2.05) is 0 Å². The molecule has 0 atom stereocenters. The number of rotatable bonds is 4. The number of hydrogen-bond donors (Lipinski definition) is 1. The van der Waals surface area contributed by atoms with Crippen LogP contribution in [0.4, 0.5) is 14.5 Å². The second kappa shape index (κ2) is 7.44. The second-order valence-corrected chi connectivity index (χ2v) is 6.53. The number of nitrogens with one attached hydrogen (secondary N) is 1. The number of carbonyl (C=O) groups excluding carboxylic acids is 1. The van der Waals surface area contributed by atoms with Crippen LogP contribution in [0.2, 0.25) is 5.02 Å². The zero-order valence-electron chi connectivity index (χ0n) is 14.6. The Kier molecular flexibility index (Phi) is 4.81. The number of hydrogen-bond acceptors (Lipinski definition) is 4. The molecule has 0 fully saturated rings. The molecule has 4 aromatic rings. The van der Waals surface area contributed by atoms with Crippen molar-refractivity contribution in [3.05, 3.63) is 82.0 Å². The van der Waals surface area contributed by atoms with Crippen LogP contribution in [0.25, 0.3) is 16.7 Å². The largest absolute Gasteiger partial charge is 0.323 e.